The molecule has 1 amide bonds. The lowest BCUT2D eigenvalue weighted by molar-refractivity contribution is 0.0729. The average molecular weight is 395 g/mol. The molecule has 0 aliphatic heterocycles. The van der Waals surface area contributed by atoms with E-state index in [1.165, 1.54) is 0 Å². The summed E-state index contributed by atoms with van der Waals surface area (Å²) in [4.78, 5) is 24.7. The van der Waals surface area contributed by atoms with Crippen molar-refractivity contribution in [2.24, 2.45) is 0 Å². The van der Waals surface area contributed by atoms with Crippen molar-refractivity contribution in [1.82, 2.24) is 29.5 Å². The first-order valence-electron chi connectivity index (χ1n) is 9.86. The maximum Gasteiger partial charge on any atom is 0.254 e. The molecular formula is C22H30N6O. The first-order chi connectivity index (χ1) is 13.8. The predicted octanol–water partition coefficient (Wildman–Crippen LogP) is 2.78. The lowest BCUT2D eigenvalue weighted by Crippen LogP contribution is -2.36. The fraction of sp³-hybridized carbons (Fsp3) is 0.409. The maximum atomic E-state index is 13.3. The zero-order valence-electron chi connectivity index (χ0n) is 17.9. The summed E-state index contributed by atoms with van der Waals surface area (Å²) in [5.41, 5.74) is 5.75. The molecule has 154 valence electrons. The van der Waals surface area contributed by atoms with Crippen LogP contribution in [-0.2, 0) is 13.1 Å². The van der Waals surface area contributed by atoms with E-state index in [0.29, 0.717) is 25.2 Å². The van der Waals surface area contributed by atoms with Crippen LogP contribution < -0.4 is 0 Å². The highest BCUT2D eigenvalue weighted by Gasteiger charge is 2.19. The van der Waals surface area contributed by atoms with Crippen LogP contribution in [0.5, 0.6) is 0 Å². The summed E-state index contributed by atoms with van der Waals surface area (Å²) in [7, 11) is 4.02. The van der Waals surface area contributed by atoms with Crippen LogP contribution in [0, 0.1) is 20.8 Å². The molecule has 0 atom stereocenters. The van der Waals surface area contributed by atoms with Crippen molar-refractivity contribution in [3.05, 3.63) is 70.6 Å². The number of aryl methyl sites for hydroxylation is 3. The van der Waals surface area contributed by atoms with Gasteiger partial charge in [0.25, 0.3) is 5.91 Å². The summed E-state index contributed by atoms with van der Waals surface area (Å²) in [6, 6.07) is 9.89. The molecule has 0 radical (unpaired) electrons. The zero-order chi connectivity index (χ0) is 21.0. The van der Waals surface area contributed by atoms with Crippen LogP contribution in [0.3, 0.4) is 0 Å². The van der Waals surface area contributed by atoms with Gasteiger partial charge in [0.15, 0.2) is 0 Å². The summed E-state index contributed by atoms with van der Waals surface area (Å²) < 4.78 is 1.97. The van der Waals surface area contributed by atoms with Crippen molar-refractivity contribution < 1.29 is 4.79 Å². The molecule has 7 heteroatoms. The van der Waals surface area contributed by atoms with Gasteiger partial charge in [-0.3, -0.25) is 9.48 Å². The molecule has 0 unspecified atom stereocenters. The van der Waals surface area contributed by atoms with Crippen LogP contribution in [0.4, 0.5) is 0 Å². The summed E-state index contributed by atoms with van der Waals surface area (Å²) in [6.45, 7) is 8.58. The van der Waals surface area contributed by atoms with E-state index in [0.717, 1.165) is 34.9 Å². The molecule has 0 saturated heterocycles. The molecule has 0 fully saturated rings. The Hall–Kier alpha value is -2.93. The average Bonchev–Trinajstić information content (AvgIpc) is 3.22. The molecule has 0 bridgehead atoms. The molecule has 3 aromatic rings. The number of nitrogens with one attached hydrogen (secondary N) is 1. The van der Waals surface area contributed by atoms with Gasteiger partial charge < -0.3 is 14.8 Å². The summed E-state index contributed by atoms with van der Waals surface area (Å²) >= 11 is 0. The topological polar surface area (TPSA) is 70.1 Å². The fourth-order valence-corrected chi connectivity index (χ4v) is 3.29. The van der Waals surface area contributed by atoms with Gasteiger partial charge in [-0.05, 0) is 58.6 Å². The van der Waals surface area contributed by atoms with Gasteiger partial charge >= 0.3 is 0 Å². The van der Waals surface area contributed by atoms with Gasteiger partial charge in [0.2, 0.25) is 0 Å². The molecular weight excluding hydrogens is 364 g/mol. The van der Waals surface area contributed by atoms with Gasteiger partial charge in [-0.1, -0.05) is 12.1 Å². The second-order valence-electron chi connectivity index (χ2n) is 7.79. The minimum Gasteiger partial charge on any atom is -0.348 e. The highest BCUT2D eigenvalue weighted by atomic mass is 16.2. The van der Waals surface area contributed by atoms with Crippen molar-refractivity contribution in [2.45, 2.75) is 33.9 Å². The van der Waals surface area contributed by atoms with Gasteiger partial charge in [0, 0.05) is 30.0 Å². The number of likely N-dealkylation sites (N-methyl/N-ethyl adjacent to an activating group) is 1. The predicted molar refractivity (Wildman–Crippen MR) is 114 cm³/mol. The Morgan fingerprint density at radius 1 is 1.14 bits per heavy atom. The first-order valence-corrected chi connectivity index (χ1v) is 9.86. The number of hydrogen-bond donors (Lipinski definition) is 1. The van der Waals surface area contributed by atoms with Crippen LogP contribution in [0.25, 0.3) is 0 Å². The smallest absolute Gasteiger partial charge is 0.254 e. The van der Waals surface area contributed by atoms with Crippen LogP contribution in [0.1, 0.15) is 38.7 Å². The minimum absolute atomic E-state index is 0.0180. The molecule has 1 N–H and O–H groups in total. The number of amides is 1. The van der Waals surface area contributed by atoms with E-state index in [-0.39, 0.29) is 5.91 Å². The quantitative estimate of drug-likeness (QED) is 0.638. The zero-order valence-corrected chi connectivity index (χ0v) is 17.9. The van der Waals surface area contributed by atoms with E-state index in [4.69, 9.17) is 0 Å². The van der Waals surface area contributed by atoms with E-state index < -0.39 is 0 Å². The van der Waals surface area contributed by atoms with Crippen molar-refractivity contribution >= 4 is 5.91 Å². The third kappa shape index (κ3) is 5.32. The Balaban J connectivity index is 1.80. The van der Waals surface area contributed by atoms with Crippen LogP contribution in [0.15, 0.2) is 36.7 Å². The number of rotatable bonds is 8. The van der Waals surface area contributed by atoms with Gasteiger partial charge in [-0.25, -0.2) is 4.98 Å². The highest BCUT2D eigenvalue weighted by Crippen LogP contribution is 2.14. The lowest BCUT2D eigenvalue weighted by atomic mass is 10.1. The third-order valence-electron chi connectivity index (χ3n) is 4.99. The highest BCUT2D eigenvalue weighted by molar-refractivity contribution is 5.94. The molecule has 1 aromatic carbocycles. The number of H-pyrrole nitrogens is 1. The molecule has 2 heterocycles. The van der Waals surface area contributed by atoms with Gasteiger partial charge in [-0.15, -0.1) is 0 Å². The van der Waals surface area contributed by atoms with Crippen molar-refractivity contribution in [2.75, 3.05) is 27.2 Å². The van der Waals surface area contributed by atoms with Crippen LogP contribution >= 0.6 is 0 Å². The van der Waals surface area contributed by atoms with E-state index in [1.54, 1.807) is 6.33 Å². The molecule has 0 saturated carbocycles. The number of hydrogen-bond acceptors (Lipinski definition) is 4. The normalized spacial score (nSPS) is 11.2. The third-order valence-corrected chi connectivity index (χ3v) is 4.99. The number of imidazole rings is 1. The summed E-state index contributed by atoms with van der Waals surface area (Å²) in [5, 5.41) is 4.53. The number of aromatic amines is 1. The Bertz CT molecular complexity index is 971. The Kier molecular flexibility index (Phi) is 6.49. The SMILES string of the molecule is Cc1cc(C)n(Cc2cccc(C(=O)N(CCN(C)C)Cc3nc[nH]c3C)c2)n1. The van der Waals surface area contributed by atoms with E-state index in [1.807, 2.05) is 68.7 Å². The number of benzene rings is 1. The van der Waals surface area contributed by atoms with Crippen molar-refractivity contribution in [1.29, 1.82) is 0 Å². The number of nitrogens with zero attached hydrogens (tertiary/aromatic N) is 5. The Morgan fingerprint density at radius 2 is 1.93 bits per heavy atom. The van der Waals surface area contributed by atoms with Crippen molar-refractivity contribution in [3.63, 3.8) is 0 Å². The Labute approximate surface area is 172 Å². The molecule has 7 nitrogen and oxygen atoms in total. The number of carbonyl (C=O) groups excluding carboxylic acids is 1. The molecule has 2 aromatic heterocycles. The minimum atomic E-state index is 0.0180. The summed E-state index contributed by atoms with van der Waals surface area (Å²) in [6.07, 6.45) is 1.67. The van der Waals surface area contributed by atoms with Gasteiger partial charge in [0.1, 0.15) is 0 Å². The second-order valence-corrected chi connectivity index (χ2v) is 7.79. The van der Waals surface area contributed by atoms with E-state index >= 15 is 0 Å². The van der Waals surface area contributed by atoms with E-state index in [9.17, 15) is 4.79 Å². The Morgan fingerprint density at radius 3 is 2.55 bits per heavy atom. The largest absolute Gasteiger partial charge is 0.348 e. The number of aromatic nitrogens is 4. The van der Waals surface area contributed by atoms with Crippen LogP contribution in [-0.4, -0.2) is 62.6 Å². The number of carbonyl (C=O) groups is 1. The lowest BCUT2D eigenvalue weighted by Gasteiger charge is -2.24. The van der Waals surface area contributed by atoms with Crippen LogP contribution in [0.2, 0.25) is 0 Å². The second kappa shape index (κ2) is 9.05. The molecule has 0 aliphatic rings. The maximum absolute atomic E-state index is 13.3. The molecule has 29 heavy (non-hydrogen) atoms. The molecule has 3 rings (SSSR count). The van der Waals surface area contributed by atoms with Crippen molar-refractivity contribution in [3.8, 4) is 0 Å². The monoisotopic (exact) mass is 394 g/mol. The first kappa shape index (κ1) is 20.8. The van der Waals surface area contributed by atoms with Gasteiger partial charge in [0.05, 0.1) is 30.8 Å². The molecule has 0 aliphatic carbocycles. The standard InChI is InChI=1S/C22H30N6O/c1-16-11-17(2)28(25-16)13-19-7-6-8-20(12-19)22(29)27(10-9-26(4)5)14-21-18(3)23-15-24-21/h6-8,11-12,15H,9-10,13-14H2,1-5H3,(H,23,24). The van der Waals surface area contributed by atoms with E-state index in [2.05, 4.69) is 26.0 Å². The fourth-order valence-electron chi connectivity index (χ4n) is 3.29. The summed E-state index contributed by atoms with van der Waals surface area (Å²) in [5.74, 6) is 0.0180. The molecule has 0 spiro atoms. The van der Waals surface area contributed by atoms with Gasteiger partial charge in [-0.2, -0.15) is 5.10 Å².